The van der Waals surface area contributed by atoms with Crippen molar-refractivity contribution in [1.29, 1.82) is 0 Å². The van der Waals surface area contributed by atoms with E-state index in [-0.39, 0.29) is 30.7 Å². The minimum Gasteiger partial charge on any atom is -0.369 e. The maximum atomic E-state index is 12.8. The van der Waals surface area contributed by atoms with Gasteiger partial charge in [-0.15, -0.1) is 0 Å². The standard InChI is InChI=1S/C15H19FN2O2/c16-12-7-5-11(6-8-12)14(19)9-18(10-15(17)20)13-3-1-2-4-13/h5-8,13H,1-4,9-10H2,(H2,17,20). The Morgan fingerprint density at radius 3 is 2.30 bits per heavy atom. The molecule has 0 aromatic heterocycles. The molecule has 5 heteroatoms. The maximum Gasteiger partial charge on any atom is 0.231 e. The molecule has 1 aromatic rings. The van der Waals surface area contributed by atoms with Crippen LogP contribution in [0.4, 0.5) is 4.39 Å². The number of hydrogen-bond acceptors (Lipinski definition) is 3. The van der Waals surface area contributed by atoms with Gasteiger partial charge in [0.1, 0.15) is 5.82 Å². The minimum absolute atomic E-state index is 0.0948. The molecule has 2 rings (SSSR count). The number of nitrogens with two attached hydrogens (primary N) is 1. The fraction of sp³-hybridized carbons (Fsp3) is 0.467. The predicted molar refractivity (Wildman–Crippen MR) is 73.8 cm³/mol. The first-order chi connectivity index (χ1) is 9.56. The van der Waals surface area contributed by atoms with E-state index in [2.05, 4.69) is 0 Å². The Hall–Kier alpha value is -1.75. The lowest BCUT2D eigenvalue weighted by Gasteiger charge is -2.26. The summed E-state index contributed by atoms with van der Waals surface area (Å²) in [7, 11) is 0. The molecular formula is C15H19FN2O2. The first kappa shape index (κ1) is 14.7. The second-order valence-corrected chi connectivity index (χ2v) is 5.24. The summed E-state index contributed by atoms with van der Waals surface area (Å²) in [5.74, 6) is -0.909. The number of Topliss-reactive ketones (excluding diaryl/α,β-unsaturated/α-hetero) is 1. The largest absolute Gasteiger partial charge is 0.369 e. The fourth-order valence-electron chi connectivity index (χ4n) is 2.70. The summed E-state index contributed by atoms with van der Waals surface area (Å²) in [4.78, 5) is 25.2. The van der Waals surface area contributed by atoms with Crippen LogP contribution < -0.4 is 5.73 Å². The van der Waals surface area contributed by atoms with Gasteiger partial charge in [-0.3, -0.25) is 14.5 Å². The van der Waals surface area contributed by atoms with Crippen LogP contribution >= 0.6 is 0 Å². The van der Waals surface area contributed by atoms with Crippen molar-refractivity contribution < 1.29 is 14.0 Å². The molecular weight excluding hydrogens is 259 g/mol. The van der Waals surface area contributed by atoms with Crippen LogP contribution in [0.1, 0.15) is 36.0 Å². The molecule has 0 saturated heterocycles. The molecule has 1 aliphatic rings. The topological polar surface area (TPSA) is 63.4 Å². The molecule has 1 aromatic carbocycles. The van der Waals surface area contributed by atoms with Gasteiger partial charge in [-0.25, -0.2) is 4.39 Å². The van der Waals surface area contributed by atoms with Crippen molar-refractivity contribution >= 4 is 11.7 Å². The van der Waals surface area contributed by atoms with Crippen molar-refractivity contribution in [2.24, 2.45) is 5.73 Å². The summed E-state index contributed by atoms with van der Waals surface area (Å²) in [5, 5.41) is 0. The van der Waals surface area contributed by atoms with E-state index in [4.69, 9.17) is 5.73 Å². The lowest BCUT2D eigenvalue weighted by Crippen LogP contribution is -2.43. The number of hydrogen-bond donors (Lipinski definition) is 1. The summed E-state index contributed by atoms with van der Waals surface area (Å²) in [6, 6.07) is 5.71. The average Bonchev–Trinajstić information content (AvgIpc) is 2.92. The molecule has 1 fully saturated rings. The molecule has 0 bridgehead atoms. The van der Waals surface area contributed by atoms with Crippen LogP contribution in [0.2, 0.25) is 0 Å². The molecule has 4 nitrogen and oxygen atoms in total. The van der Waals surface area contributed by atoms with E-state index in [1.54, 1.807) is 0 Å². The highest BCUT2D eigenvalue weighted by Gasteiger charge is 2.25. The van der Waals surface area contributed by atoms with Crippen LogP contribution in [0.15, 0.2) is 24.3 Å². The minimum atomic E-state index is -0.427. The normalized spacial score (nSPS) is 15.7. The monoisotopic (exact) mass is 278 g/mol. The first-order valence-electron chi connectivity index (χ1n) is 6.87. The Kier molecular flexibility index (Phi) is 4.84. The van der Waals surface area contributed by atoms with Gasteiger partial charge in [0.25, 0.3) is 0 Å². The number of halogens is 1. The van der Waals surface area contributed by atoms with E-state index in [1.807, 2.05) is 4.90 Å². The van der Waals surface area contributed by atoms with Crippen molar-refractivity contribution in [3.05, 3.63) is 35.6 Å². The molecule has 20 heavy (non-hydrogen) atoms. The highest BCUT2D eigenvalue weighted by Crippen LogP contribution is 2.23. The van der Waals surface area contributed by atoms with Gasteiger partial charge in [-0.05, 0) is 37.1 Å². The SMILES string of the molecule is NC(=O)CN(CC(=O)c1ccc(F)cc1)C1CCCC1. The number of carbonyl (C=O) groups is 2. The van der Waals surface area contributed by atoms with Gasteiger partial charge in [-0.2, -0.15) is 0 Å². The van der Waals surface area contributed by atoms with Crippen LogP contribution in [0.3, 0.4) is 0 Å². The van der Waals surface area contributed by atoms with Gasteiger partial charge in [0.2, 0.25) is 5.91 Å². The van der Waals surface area contributed by atoms with Crippen LogP contribution in [-0.2, 0) is 4.79 Å². The maximum absolute atomic E-state index is 12.8. The van der Waals surface area contributed by atoms with Crippen molar-refractivity contribution in [2.75, 3.05) is 13.1 Å². The van der Waals surface area contributed by atoms with E-state index in [0.29, 0.717) is 5.56 Å². The van der Waals surface area contributed by atoms with Gasteiger partial charge in [-0.1, -0.05) is 12.8 Å². The second kappa shape index (κ2) is 6.61. The van der Waals surface area contributed by atoms with Gasteiger partial charge in [0.05, 0.1) is 13.1 Å². The molecule has 1 amide bonds. The summed E-state index contributed by atoms with van der Waals surface area (Å²) < 4.78 is 12.8. The highest BCUT2D eigenvalue weighted by atomic mass is 19.1. The lowest BCUT2D eigenvalue weighted by molar-refractivity contribution is -0.119. The predicted octanol–water partition coefficient (Wildman–Crippen LogP) is 1.74. The zero-order chi connectivity index (χ0) is 14.5. The van der Waals surface area contributed by atoms with Crippen molar-refractivity contribution in [2.45, 2.75) is 31.7 Å². The number of primary amides is 1. The molecule has 0 radical (unpaired) electrons. The molecule has 108 valence electrons. The smallest absolute Gasteiger partial charge is 0.231 e. The van der Waals surface area contributed by atoms with E-state index in [1.165, 1.54) is 24.3 Å². The van der Waals surface area contributed by atoms with Crippen LogP contribution in [0.5, 0.6) is 0 Å². The number of rotatable bonds is 6. The molecule has 0 aliphatic heterocycles. The summed E-state index contributed by atoms with van der Waals surface area (Å²) in [5.41, 5.74) is 5.71. The van der Waals surface area contributed by atoms with Crippen molar-refractivity contribution in [1.82, 2.24) is 4.90 Å². The van der Waals surface area contributed by atoms with Crippen LogP contribution in [0, 0.1) is 5.82 Å². The van der Waals surface area contributed by atoms with E-state index < -0.39 is 5.91 Å². The lowest BCUT2D eigenvalue weighted by atomic mass is 10.1. The molecule has 2 N–H and O–H groups in total. The van der Waals surface area contributed by atoms with Gasteiger partial charge < -0.3 is 5.73 Å². The number of carbonyl (C=O) groups excluding carboxylic acids is 2. The Morgan fingerprint density at radius 1 is 1.15 bits per heavy atom. The summed E-state index contributed by atoms with van der Waals surface area (Å²) >= 11 is 0. The summed E-state index contributed by atoms with van der Waals surface area (Å²) in [6.45, 7) is 0.247. The highest BCUT2D eigenvalue weighted by molar-refractivity contribution is 5.97. The Balaban J connectivity index is 2.04. The third-order valence-corrected chi connectivity index (χ3v) is 3.71. The number of nitrogens with zero attached hydrogens (tertiary/aromatic N) is 1. The van der Waals surface area contributed by atoms with Gasteiger partial charge in [0, 0.05) is 11.6 Å². The molecule has 1 aliphatic carbocycles. The van der Waals surface area contributed by atoms with Gasteiger partial charge in [0.15, 0.2) is 5.78 Å². The Morgan fingerprint density at radius 2 is 1.75 bits per heavy atom. The number of amides is 1. The zero-order valence-corrected chi connectivity index (χ0v) is 11.3. The van der Waals surface area contributed by atoms with Crippen LogP contribution in [0.25, 0.3) is 0 Å². The number of benzene rings is 1. The molecule has 0 heterocycles. The Bertz CT molecular complexity index is 481. The zero-order valence-electron chi connectivity index (χ0n) is 11.3. The van der Waals surface area contributed by atoms with Crippen molar-refractivity contribution in [3.8, 4) is 0 Å². The quantitative estimate of drug-likeness (QED) is 0.806. The van der Waals surface area contributed by atoms with E-state index in [9.17, 15) is 14.0 Å². The van der Waals surface area contributed by atoms with Gasteiger partial charge >= 0.3 is 0 Å². The number of ketones is 1. The third-order valence-electron chi connectivity index (χ3n) is 3.71. The van der Waals surface area contributed by atoms with E-state index >= 15 is 0 Å². The summed E-state index contributed by atoms with van der Waals surface area (Å²) in [6.07, 6.45) is 4.21. The van der Waals surface area contributed by atoms with Crippen molar-refractivity contribution in [3.63, 3.8) is 0 Å². The molecule has 0 atom stereocenters. The van der Waals surface area contributed by atoms with E-state index in [0.717, 1.165) is 25.7 Å². The third kappa shape index (κ3) is 3.87. The molecule has 1 saturated carbocycles. The van der Waals surface area contributed by atoms with Crippen LogP contribution in [-0.4, -0.2) is 35.7 Å². The fourth-order valence-corrected chi connectivity index (χ4v) is 2.70. The molecule has 0 spiro atoms. The Labute approximate surface area is 117 Å². The first-order valence-corrected chi connectivity index (χ1v) is 6.87. The average molecular weight is 278 g/mol. The second-order valence-electron chi connectivity index (χ2n) is 5.24. The molecule has 0 unspecified atom stereocenters.